The maximum atomic E-state index is 12.9. The molecule has 1 unspecified atom stereocenters. The van der Waals surface area contributed by atoms with Crippen LogP contribution in [0.5, 0.6) is 5.75 Å². The topological polar surface area (TPSA) is 84.5 Å². The Bertz CT molecular complexity index is 1110. The summed E-state index contributed by atoms with van der Waals surface area (Å²) in [7, 11) is -3.37. The van der Waals surface area contributed by atoms with Crippen LogP contribution in [0.15, 0.2) is 78.9 Å². The van der Waals surface area contributed by atoms with Crippen LogP contribution < -0.4 is 14.8 Å². The lowest BCUT2D eigenvalue weighted by Gasteiger charge is -2.17. The zero-order chi connectivity index (χ0) is 21.6. The molecular weight excluding hydrogens is 400 g/mol. The first-order valence-corrected chi connectivity index (χ1v) is 11.4. The summed E-state index contributed by atoms with van der Waals surface area (Å²) in [6.45, 7) is 2.12. The van der Waals surface area contributed by atoms with Gasteiger partial charge in [0.05, 0.1) is 12.3 Å². The summed E-state index contributed by atoms with van der Waals surface area (Å²) in [6.07, 6.45) is 1.10. The zero-order valence-electron chi connectivity index (χ0n) is 16.8. The van der Waals surface area contributed by atoms with E-state index in [0.717, 1.165) is 23.1 Å². The molecule has 7 heteroatoms. The molecule has 0 radical (unpaired) electrons. The largest absolute Gasteiger partial charge is 0.489 e. The van der Waals surface area contributed by atoms with Crippen LogP contribution in [-0.2, 0) is 16.6 Å². The van der Waals surface area contributed by atoms with Crippen molar-refractivity contribution in [3.63, 3.8) is 0 Å². The minimum atomic E-state index is -3.37. The molecule has 0 spiro atoms. The Hall–Kier alpha value is -3.32. The minimum Gasteiger partial charge on any atom is -0.489 e. The SMILES string of the molecule is CC(NC(=O)c1ccccc1COc1ccccc1)c1cccc(NS(C)(=O)=O)c1. The third-order valence-corrected chi connectivity index (χ3v) is 5.04. The van der Waals surface area contributed by atoms with Crippen molar-refractivity contribution in [1.29, 1.82) is 0 Å². The van der Waals surface area contributed by atoms with Crippen molar-refractivity contribution < 1.29 is 17.9 Å². The highest BCUT2D eigenvalue weighted by Gasteiger charge is 2.15. The van der Waals surface area contributed by atoms with Gasteiger partial charge in [-0.25, -0.2) is 8.42 Å². The molecule has 0 aliphatic carbocycles. The van der Waals surface area contributed by atoms with Gasteiger partial charge in [0.25, 0.3) is 5.91 Å². The minimum absolute atomic E-state index is 0.226. The molecule has 156 valence electrons. The summed E-state index contributed by atoms with van der Waals surface area (Å²) in [5, 5.41) is 2.97. The molecule has 1 amide bonds. The lowest BCUT2D eigenvalue weighted by molar-refractivity contribution is 0.0937. The summed E-state index contributed by atoms with van der Waals surface area (Å²) >= 11 is 0. The van der Waals surface area contributed by atoms with Crippen molar-refractivity contribution in [2.24, 2.45) is 0 Å². The van der Waals surface area contributed by atoms with E-state index in [9.17, 15) is 13.2 Å². The molecule has 0 aliphatic rings. The molecule has 0 saturated carbocycles. The van der Waals surface area contributed by atoms with Crippen molar-refractivity contribution in [2.75, 3.05) is 11.0 Å². The Morgan fingerprint density at radius 2 is 1.67 bits per heavy atom. The lowest BCUT2D eigenvalue weighted by atomic mass is 10.0. The monoisotopic (exact) mass is 424 g/mol. The highest BCUT2D eigenvalue weighted by molar-refractivity contribution is 7.92. The highest BCUT2D eigenvalue weighted by Crippen LogP contribution is 2.20. The second-order valence-corrected chi connectivity index (χ2v) is 8.70. The summed E-state index contributed by atoms with van der Waals surface area (Å²) < 4.78 is 31.1. The molecular formula is C23H24N2O4S. The smallest absolute Gasteiger partial charge is 0.252 e. The molecule has 0 fully saturated rings. The Balaban J connectivity index is 1.71. The molecule has 6 nitrogen and oxygen atoms in total. The van der Waals surface area contributed by atoms with Crippen LogP contribution in [0.1, 0.15) is 34.5 Å². The molecule has 0 aliphatic heterocycles. The predicted octanol–water partition coefficient (Wildman–Crippen LogP) is 4.13. The van der Waals surface area contributed by atoms with Crippen molar-refractivity contribution in [3.05, 3.63) is 95.6 Å². The first kappa shape index (κ1) is 21.4. The molecule has 3 aromatic carbocycles. The van der Waals surface area contributed by atoms with E-state index in [1.807, 2.05) is 61.5 Å². The number of benzene rings is 3. The third kappa shape index (κ3) is 6.09. The van der Waals surface area contributed by atoms with Gasteiger partial charge in [0.1, 0.15) is 12.4 Å². The van der Waals surface area contributed by atoms with Crippen LogP contribution in [0.4, 0.5) is 5.69 Å². The maximum Gasteiger partial charge on any atom is 0.252 e. The number of sulfonamides is 1. The Morgan fingerprint density at radius 1 is 0.967 bits per heavy atom. The molecule has 0 saturated heterocycles. The van der Waals surface area contributed by atoms with Crippen LogP contribution in [0.25, 0.3) is 0 Å². The maximum absolute atomic E-state index is 12.9. The van der Waals surface area contributed by atoms with Gasteiger partial charge >= 0.3 is 0 Å². The number of amides is 1. The van der Waals surface area contributed by atoms with E-state index in [4.69, 9.17) is 4.74 Å². The first-order valence-electron chi connectivity index (χ1n) is 9.46. The summed E-state index contributed by atoms with van der Waals surface area (Å²) in [6, 6.07) is 23.3. The molecule has 0 bridgehead atoms. The molecule has 2 N–H and O–H groups in total. The van der Waals surface area contributed by atoms with Gasteiger partial charge in [-0.3, -0.25) is 9.52 Å². The van der Waals surface area contributed by atoms with Crippen molar-refractivity contribution in [1.82, 2.24) is 5.32 Å². The molecule has 1 atom stereocenters. The molecule has 3 rings (SSSR count). The number of carbonyl (C=O) groups excluding carboxylic acids is 1. The Labute approximate surface area is 177 Å². The van der Waals surface area contributed by atoms with Crippen molar-refractivity contribution >= 4 is 21.6 Å². The fourth-order valence-electron chi connectivity index (χ4n) is 2.99. The Kier molecular flexibility index (Phi) is 6.74. The molecule has 0 heterocycles. The van der Waals surface area contributed by atoms with E-state index in [1.54, 1.807) is 24.3 Å². The van der Waals surface area contributed by atoms with Crippen molar-refractivity contribution in [3.8, 4) is 5.75 Å². The normalized spacial score (nSPS) is 12.1. The van der Waals surface area contributed by atoms with Gasteiger partial charge in [-0.2, -0.15) is 0 Å². The molecule has 3 aromatic rings. The number of carbonyl (C=O) groups is 1. The van der Waals surface area contributed by atoms with Crippen molar-refractivity contribution in [2.45, 2.75) is 19.6 Å². The van der Waals surface area contributed by atoms with E-state index < -0.39 is 10.0 Å². The van der Waals surface area contributed by atoms with E-state index in [0.29, 0.717) is 11.3 Å². The van der Waals surface area contributed by atoms with E-state index >= 15 is 0 Å². The first-order chi connectivity index (χ1) is 14.3. The van der Waals surface area contributed by atoms with Crippen LogP contribution in [0.3, 0.4) is 0 Å². The average molecular weight is 425 g/mol. The number of hydrogen-bond donors (Lipinski definition) is 2. The van der Waals surface area contributed by atoms with Crippen LogP contribution in [0, 0.1) is 0 Å². The van der Waals surface area contributed by atoms with Crippen LogP contribution >= 0.6 is 0 Å². The van der Waals surface area contributed by atoms with Gasteiger partial charge in [-0.05, 0) is 42.8 Å². The number of nitrogens with one attached hydrogen (secondary N) is 2. The standard InChI is InChI=1S/C23H24N2O4S/c1-17(18-10-8-11-20(15-18)25-30(2,27)28)24-23(26)22-14-7-6-9-19(22)16-29-21-12-4-3-5-13-21/h3-15,17,25H,16H2,1-2H3,(H,24,26). The number of para-hydroxylation sites is 1. The van der Waals surface area contributed by atoms with E-state index in [1.165, 1.54) is 0 Å². The molecule has 0 aromatic heterocycles. The lowest BCUT2D eigenvalue weighted by Crippen LogP contribution is -2.27. The van der Waals surface area contributed by atoms with E-state index in [2.05, 4.69) is 10.0 Å². The number of rotatable bonds is 8. The van der Waals surface area contributed by atoms with Gasteiger partial charge in [0.2, 0.25) is 10.0 Å². The highest BCUT2D eigenvalue weighted by atomic mass is 32.2. The zero-order valence-corrected chi connectivity index (χ0v) is 17.6. The Morgan fingerprint density at radius 3 is 2.40 bits per heavy atom. The van der Waals surface area contributed by atoms with E-state index in [-0.39, 0.29) is 18.6 Å². The fourth-order valence-corrected chi connectivity index (χ4v) is 3.54. The van der Waals surface area contributed by atoms with Crippen LogP contribution in [0.2, 0.25) is 0 Å². The number of ether oxygens (including phenoxy) is 1. The summed E-state index contributed by atoms with van der Waals surface area (Å²) in [5.74, 6) is 0.507. The third-order valence-electron chi connectivity index (χ3n) is 4.44. The second kappa shape index (κ2) is 9.45. The van der Waals surface area contributed by atoms with Gasteiger partial charge in [-0.15, -0.1) is 0 Å². The second-order valence-electron chi connectivity index (χ2n) is 6.95. The summed E-state index contributed by atoms with van der Waals surface area (Å²) in [5.41, 5.74) is 2.55. The van der Waals surface area contributed by atoms with Gasteiger partial charge < -0.3 is 10.1 Å². The number of hydrogen-bond acceptors (Lipinski definition) is 4. The van der Waals surface area contributed by atoms with Gasteiger partial charge in [-0.1, -0.05) is 48.5 Å². The number of anilines is 1. The van der Waals surface area contributed by atoms with Gasteiger partial charge in [0, 0.05) is 16.8 Å². The van der Waals surface area contributed by atoms with Crippen LogP contribution in [-0.4, -0.2) is 20.6 Å². The quantitative estimate of drug-likeness (QED) is 0.569. The predicted molar refractivity (Wildman–Crippen MR) is 118 cm³/mol. The molecule has 30 heavy (non-hydrogen) atoms. The summed E-state index contributed by atoms with van der Waals surface area (Å²) in [4.78, 5) is 12.9. The fraction of sp³-hybridized carbons (Fsp3) is 0.174. The average Bonchev–Trinajstić information content (AvgIpc) is 2.72. The van der Waals surface area contributed by atoms with Gasteiger partial charge in [0.15, 0.2) is 0 Å².